The molecular weight excluding hydrogens is 451 g/mol. The number of aliphatic hydroxyl groups excluding tert-OH is 2. The molecule has 0 unspecified atom stereocenters. The van der Waals surface area contributed by atoms with Gasteiger partial charge < -0.3 is 24.3 Å². The third-order valence-electron chi connectivity index (χ3n) is 4.14. The summed E-state index contributed by atoms with van der Waals surface area (Å²) in [5.41, 5.74) is 0.777. The second kappa shape index (κ2) is 7.35. The van der Waals surface area contributed by atoms with Crippen LogP contribution >= 0.6 is 39.1 Å². The Labute approximate surface area is 166 Å². The fourth-order valence-electron chi connectivity index (χ4n) is 2.91. The van der Waals surface area contributed by atoms with E-state index in [0.717, 1.165) is 0 Å². The number of ether oxygens (including phenoxy) is 2. The van der Waals surface area contributed by atoms with Crippen molar-refractivity contribution in [3.8, 4) is 6.07 Å². The molecule has 1 fully saturated rings. The van der Waals surface area contributed by atoms with Gasteiger partial charge in [-0.05, 0) is 28.1 Å². The summed E-state index contributed by atoms with van der Waals surface area (Å²) in [6, 6.07) is 5.16. The molecule has 1 aliphatic heterocycles. The zero-order valence-corrected chi connectivity index (χ0v) is 16.4. The molecule has 0 aliphatic carbocycles. The molecule has 10 heteroatoms. The predicted octanol–water partition coefficient (Wildman–Crippen LogP) is 2.76. The zero-order chi connectivity index (χ0) is 19.2. The number of hydrogen-bond donors (Lipinski definition) is 2. The average molecular weight is 464 g/mol. The minimum absolute atomic E-state index is 0.210. The van der Waals surface area contributed by atoms with Crippen LogP contribution in [0.25, 0.3) is 10.9 Å². The number of benzene rings is 1. The Morgan fingerprint density at radius 3 is 2.65 bits per heavy atom. The molecule has 2 N–H and O–H groups in total. The number of carbonyl (C=O) groups is 1. The van der Waals surface area contributed by atoms with E-state index in [4.69, 9.17) is 32.7 Å². The van der Waals surface area contributed by atoms with Gasteiger partial charge in [0.15, 0.2) is 6.23 Å². The van der Waals surface area contributed by atoms with Crippen LogP contribution < -0.4 is 0 Å². The van der Waals surface area contributed by atoms with Gasteiger partial charge in [0, 0.05) is 12.3 Å². The highest BCUT2D eigenvalue weighted by atomic mass is 79.9. The standard InChI is InChI=1S/C16H13BrCl2N2O5/c1-6(22)25-5-12-13(23)14(24)16(26-12)21-11-3-10(19)9(18)2-7(11)8(4-20)15(21)17/h2-3,12-14,16,23-24H,5H2,1H3/t12-,13-,14-,16-/m1/s1. The molecule has 0 saturated carbocycles. The first kappa shape index (κ1) is 19.4. The summed E-state index contributed by atoms with van der Waals surface area (Å²) in [6.45, 7) is 1.02. The number of carbonyl (C=O) groups excluding carboxylic acids is 1. The molecule has 4 atom stereocenters. The maximum absolute atomic E-state index is 11.0. The highest BCUT2D eigenvalue weighted by molar-refractivity contribution is 9.10. The third kappa shape index (κ3) is 3.20. The topological polar surface area (TPSA) is 105 Å². The molecule has 26 heavy (non-hydrogen) atoms. The quantitative estimate of drug-likeness (QED) is 0.678. The lowest BCUT2D eigenvalue weighted by Gasteiger charge is -2.19. The first-order valence-corrected chi connectivity index (χ1v) is 9.04. The predicted molar refractivity (Wildman–Crippen MR) is 96.9 cm³/mol. The monoisotopic (exact) mass is 462 g/mol. The van der Waals surface area contributed by atoms with Crippen LogP contribution in [0.15, 0.2) is 16.7 Å². The van der Waals surface area contributed by atoms with Gasteiger partial charge in [-0.2, -0.15) is 5.26 Å². The van der Waals surface area contributed by atoms with E-state index in [-0.39, 0.29) is 22.2 Å². The van der Waals surface area contributed by atoms with Crippen LogP contribution in [-0.4, -0.2) is 45.7 Å². The molecule has 1 aromatic carbocycles. The second-order valence-corrected chi connectivity index (χ2v) is 7.35. The van der Waals surface area contributed by atoms with Gasteiger partial charge in [-0.3, -0.25) is 4.79 Å². The van der Waals surface area contributed by atoms with Crippen molar-refractivity contribution in [3.63, 3.8) is 0 Å². The first-order valence-electron chi connectivity index (χ1n) is 7.49. The van der Waals surface area contributed by atoms with E-state index in [1.807, 2.05) is 0 Å². The first-order chi connectivity index (χ1) is 12.3. The molecule has 2 aromatic rings. The molecule has 1 saturated heterocycles. The van der Waals surface area contributed by atoms with E-state index in [1.54, 1.807) is 12.1 Å². The van der Waals surface area contributed by atoms with Crippen molar-refractivity contribution in [1.29, 1.82) is 5.26 Å². The van der Waals surface area contributed by atoms with Crippen LogP contribution in [0, 0.1) is 11.3 Å². The summed E-state index contributed by atoms with van der Waals surface area (Å²) in [4.78, 5) is 11.0. The Morgan fingerprint density at radius 2 is 2.04 bits per heavy atom. The van der Waals surface area contributed by atoms with Crippen LogP contribution in [0.1, 0.15) is 18.7 Å². The van der Waals surface area contributed by atoms with Gasteiger partial charge in [-0.15, -0.1) is 0 Å². The molecule has 0 bridgehead atoms. The molecular formula is C16H13BrCl2N2O5. The van der Waals surface area contributed by atoms with Crippen LogP contribution in [0.3, 0.4) is 0 Å². The lowest BCUT2D eigenvalue weighted by Crippen LogP contribution is -2.34. The molecule has 3 rings (SSSR count). The summed E-state index contributed by atoms with van der Waals surface area (Å²) in [5.74, 6) is -0.528. The molecule has 0 spiro atoms. The number of nitriles is 1. The van der Waals surface area contributed by atoms with Crippen molar-refractivity contribution in [3.05, 3.63) is 32.3 Å². The minimum Gasteiger partial charge on any atom is -0.463 e. The summed E-state index contributed by atoms with van der Waals surface area (Å²) in [7, 11) is 0. The lowest BCUT2D eigenvalue weighted by molar-refractivity contribution is -0.147. The summed E-state index contributed by atoms with van der Waals surface area (Å²) < 4.78 is 12.4. The van der Waals surface area contributed by atoms with E-state index < -0.39 is 30.5 Å². The fraction of sp³-hybridized carbons (Fsp3) is 0.375. The number of hydrogen-bond acceptors (Lipinski definition) is 6. The van der Waals surface area contributed by atoms with Crippen LogP contribution in [0.2, 0.25) is 10.0 Å². The highest BCUT2D eigenvalue weighted by Gasteiger charge is 2.45. The van der Waals surface area contributed by atoms with Crippen LogP contribution in [0.4, 0.5) is 0 Å². The van der Waals surface area contributed by atoms with E-state index >= 15 is 0 Å². The van der Waals surface area contributed by atoms with E-state index in [1.165, 1.54) is 11.5 Å². The van der Waals surface area contributed by atoms with Crippen molar-refractivity contribution in [2.75, 3.05) is 6.61 Å². The Bertz CT molecular complexity index is 926. The number of esters is 1. The molecule has 1 aromatic heterocycles. The zero-order valence-electron chi connectivity index (χ0n) is 13.3. The SMILES string of the molecule is CC(=O)OC[C@H]1O[C@@H](n2c(Br)c(C#N)c3cc(Cl)c(Cl)cc32)[C@H](O)[C@@H]1O. The maximum atomic E-state index is 11.0. The van der Waals surface area contributed by atoms with Crippen LogP contribution in [-0.2, 0) is 14.3 Å². The fourth-order valence-corrected chi connectivity index (χ4v) is 3.92. The Kier molecular flexibility index (Phi) is 5.49. The average Bonchev–Trinajstić information content (AvgIpc) is 3.00. The largest absolute Gasteiger partial charge is 0.463 e. The normalized spacial score (nSPS) is 25.4. The third-order valence-corrected chi connectivity index (χ3v) is 5.64. The van der Waals surface area contributed by atoms with Crippen molar-refractivity contribution in [1.82, 2.24) is 4.57 Å². The Balaban J connectivity index is 2.08. The number of rotatable bonds is 3. The van der Waals surface area contributed by atoms with Crippen LogP contribution in [0.5, 0.6) is 0 Å². The van der Waals surface area contributed by atoms with Crippen molar-refractivity contribution < 1.29 is 24.5 Å². The lowest BCUT2D eigenvalue weighted by atomic mass is 10.1. The van der Waals surface area contributed by atoms with Crippen molar-refractivity contribution in [2.24, 2.45) is 0 Å². The van der Waals surface area contributed by atoms with Gasteiger partial charge in [0.05, 0.1) is 21.1 Å². The van der Waals surface area contributed by atoms with Gasteiger partial charge in [-0.1, -0.05) is 23.2 Å². The van der Waals surface area contributed by atoms with Gasteiger partial charge >= 0.3 is 5.97 Å². The smallest absolute Gasteiger partial charge is 0.302 e. The van der Waals surface area contributed by atoms with E-state index in [9.17, 15) is 20.3 Å². The Hall–Kier alpha value is -1.34. The number of fused-ring (bicyclic) bond motifs is 1. The van der Waals surface area contributed by atoms with Gasteiger partial charge in [0.25, 0.3) is 0 Å². The van der Waals surface area contributed by atoms with E-state index in [2.05, 4.69) is 22.0 Å². The maximum Gasteiger partial charge on any atom is 0.302 e. The molecule has 0 radical (unpaired) electrons. The molecule has 138 valence electrons. The minimum atomic E-state index is -1.32. The van der Waals surface area contributed by atoms with E-state index in [0.29, 0.717) is 15.5 Å². The summed E-state index contributed by atoms with van der Waals surface area (Å²) in [5, 5.41) is 31.2. The number of nitrogens with zero attached hydrogens (tertiary/aromatic N) is 2. The number of aliphatic hydroxyl groups is 2. The molecule has 0 amide bonds. The van der Waals surface area contributed by atoms with Crippen molar-refractivity contribution in [2.45, 2.75) is 31.5 Å². The highest BCUT2D eigenvalue weighted by Crippen LogP contribution is 2.41. The number of aromatic nitrogens is 1. The van der Waals surface area contributed by atoms with Gasteiger partial charge in [-0.25, -0.2) is 0 Å². The second-order valence-electron chi connectivity index (χ2n) is 5.78. The Morgan fingerprint density at radius 1 is 1.38 bits per heavy atom. The molecule has 2 heterocycles. The molecule has 1 aliphatic rings. The number of halogens is 3. The summed E-state index contributed by atoms with van der Waals surface area (Å²) >= 11 is 15.5. The molecule has 7 nitrogen and oxygen atoms in total. The van der Waals surface area contributed by atoms with Gasteiger partial charge in [0.2, 0.25) is 0 Å². The van der Waals surface area contributed by atoms with Gasteiger partial charge in [0.1, 0.15) is 35.6 Å². The summed E-state index contributed by atoms with van der Waals surface area (Å²) in [6.07, 6.45) is -4.54. The van der Waals surface area contributed by atoms with Crippen molar-refractivity contribution >= 4 is 56.0 Å².